The molecule has 150 valence electrons. The standard InChI is InChI=1S/C22H28N2O4/c1-3-5-18-20(27-18)13-25-16-9-7-15(8-10-16)22-23-11-17(12-24-22)26-14-21-19(28-21)6-4-2/h7-12,18-21H,3-6,13-14H2,1-2H3/t18-,19-,20-,21-/m0/s1. The van der Waals surface area contributed by atoms with Gasteiger partial charge in [-0.05, 0) is 37.1 Å². The number of aromatic nitrogens is 2. The van der Waals surface area contributed by atoms with E-state index in [0.717, 1.165) is 37.0 Å². The molecule has 1 aromatic heterocycles. The Morgan fingerprint density at radius 1 is 0.750 bits per heavy atom. The van der Waals surface area contributed by atoms with Gasteiger partial charge in [-0.2, -0.15) is 0 Å². The molecule has 0 unspecified atom stereocenters. The summed E-state index contributed by atoms with van der Waals surface area (Å²) in [5.41, 5.74) is 0.943. The first-order chi connectivity index (χ1) is 13.8. The van der Waals surface area contributed by atoms with Gasteiger partial charge in [-0.25, -0.2) is 9.97 Å². The van der Waals surface area contributed by atoms with Crippen molar-refractivity contribution in [2.45, 2.75) is 63.9 Å². The second-order valence-corrected chi connectivity index (χ2v) is 7.39. The molecule has 6 nitrogen and oxygen atoms in total. The van der Waals surface area contributed by atoms with Crippen molar-refractivity contribution in [3.63, 3.8) is 0 Å². The minimum Gasteiger partial charge on any atom is -0.491 e. The molecule has 3 heterocycles. The van der Waals surface area contributed by atoms with Gasteiger partial charge in [0.2, 0.25) is 0 Å². The van der Waals surface area contributed by atoms with Gasteiger partial charge in [-0.3, -0.25) is 0 Å². The highest BCUT2D eigenvalue weighted by atomic mass is 16.6. The van der Waals surface area contributed by atoms with Crippen LogP contribution in [0.3, 0.4) is 0 Å². The predicted octanol–water partition coefficient (Wildman–Crippen LogP) is 4.04. The zero-order chi connectivity index (χ0) is 19.3. The van der Waals surface area contributed by atoms with Crippen LogP contribution in [0.15, 0.2) is 36.7 Å². The number of epoxide rings is 2. The average molecular weight is 384 g/mol. The molecule has 2 fully saturated rings. The highest BCUT2D eigenvalue weighted by Gasteiger charge is 2.38. The normalized spacial score (nSPS) is 25.4. The summed E-state index contributed by atoms with van der Waals surface area (Å²) < 4.78 is 22.7. The Bertz CT molecular complexity index is 685. The van der Waals surface area contributed by atoms with Gasteiger partial charge in [-0.15, -0.1) is 0 Å². The zero-order valence-corrected chi connectivity index (χ0v) is 16.5. The third-order valence-corrected chi connectivity index (χ3v) is 5.09. The van der Waals surface area contributed by atoms with E-state index in [1.165, 1.54) is 0 Å². The molecular formula is C22H28N2O4. The van der Waals surface area contributed by atoms with Crippen molar-refractivity contribution in [1.82, 2.24) is 9.97 Å². The van der Waals surface area contributed by atoms with Crippen molar-refractivity contribution in [2.75, 3.05) is 13.2 Å². The number of benzene rings is 1. The lowest BCUT2D eigenvalue weighted by atomic mass is 10.2. The van der Waals surface area contributed by atoms with Crippen molar-refractivity contribution in [3.05, 3.63) is 36.7 Å². The Morgan fingerprint density at radius 2 is 1.29 bits per heavy atom. The minimum absolute atomic E-state index is 0.213. The lowest BCUT2D eigenvalue weighted by Gasteiger charge is -2.07. The van der Waals surface area contributed by atoms with Crippen LogP contribution in [-0.2, 0) is 9.47 Å². The number of ether oxygens (including phenoxy) is 4. The van der Waals surface area contributed by atoms with Gasteiger partial charge in [0.15, 0.2) is 11.6 Å². The highest BCUT2D eigenvalue weighted by Crippen LogP contribution is 2.29. The van der Waals surface area contributed by atoms with Gasteiger partial charge in [0.05, 0.1) is 24.6 Å². The van der Waals surface area contributed by atoms with Crippen LogP contribution in [0.2, 0.25) is 0 Å². The van der Waals surface area contributed by atoms with Crippen molar-refractivity contribution >= 4 is 0 Å². The predicted molar refractivity (Wildman–Crippen MR) is 106 cm³/mol. The van der Waals surface area contributed by atoms with Crippen LogP contribution in [0.5, 0.6) is 11.5 Å². The summed E-state index contributed by atoms with van der Waals surface area (Å²) in [6, 6.07) is 7.82. The summed E-state index contributed by atoms with van der Waals surface area (Å²) in [5.74, 6) is 2.17. The number of hydrogen-bond acceptors (Lipinski definition) is 6. The van der Waals surface area contributed by atoms with Gasteiger partial charge < -0.3 is 18.9 Å². The van der Waals surface area contributed by atoms with E-state index in [1.54, 1.807) is 12.4 Å². The molecule has 0 saturated carbocycles. The number of nitrogens with zero attached hydrogens (tertiary/aromatic N) is 2. The van der Waals surface area contributed by atoms with Gasteiger partial charge in [0.1, 0.15) is 31.2 Å². The first-order valence-electron chi connectivity index (χ1n) is 10.3. The van der Waals surface area contributed by atoms with Crippen molar-refractivity contribution < 1.29 is 18.9 Å². The molecule has 4 rings (SSSR count). The van der Waals surface area contributed by atoms with Crippen LogP contribution in [0.4, 0.5) is 0 Å². The first-order valence-corrected chi connectivity index (χ1v) is 10.3. The van der Waals surface area contributed by atoms with Crippen LogP contribution in [0, 0.1) is 0 Å². The van der Waals surface area contributed by atoms with Gasteiger partial charge in [0.25, 0.3) is 0 Å². The van der Waals surface area contributed by atoms with E-state index in [4.69, 9.17) is 18.9 Å². The van der Waals surface area contributed by atoms with E-state index in [2.05, 4.69) is 23.8 Å². The average Bonchev–Trinajstić information content (AvgIpc) is 3.64. The molecule has 2 saturated heterocycles. The molecule has 1 aromatic carbocycles. The Balaban J connectivity index is 1.24. The molecule has 2 aromatic rings. The third-order valence-electron chi connectivity index (χ3n) is 5.09. The zero-order valence-electron chi connectivity index (χ0n) is 16.5. The summed E-state index contributed by atoms with van der Waals surface area (Å²) in [6.07, 6.45) is 9.10. The van der Waals surface area contributed by atoms with Crippen LogP contribution in [-0.4, -0.2) is 47.6 Å². The lowest BCUT2D eigenvalue weighted by Crippen LogP contribution is -2.08. The molecule has 0 radical (unpaired) electrons. The van der Waals surface area contributed by atoms with E-state index in [0.29, 0.717) is 37.0 Å². The fourth-order valence-corrected chi connectivity index (χ4v) is 3.33. The Morgan fingerprint density at radius 3 is 1.82 bits per heavy atom. The monoisotopic (exact) mass is 384 g/mol. The maximum Gasteiger partial charge on any atom is 0.159 e. The van der Waals surface area contributed by atoms with E-state index in [1.807, 2.05) is 24.3 Å². The van der Waals surface area contributed by atoms with Crippen molar-refractivity contribution in [2.24, 2.45) is 0 Å². The smallest absolute Gasteiger partial charge is 0.159 e. The first kappa shape index (κ1) is 19.2. The lowest BCUT2D eigenvalue weighted by molar-refractivity contribution is 0.258. The van der Waals surface area contributed by atoms with Gasteiger partial charge >= 0.3 is 0 Å². The minimum atomic E-state index is 0.213. The van der Waals surface area contributed by atoms with Crippen LogP contribution < -0.4 is 9.47 Å². The quantitative estimate of drug-likeness (QED) is 0.545. The third kappa shape index (κ3) is 5.00. The summed E-state index contributed by atoms with van der Waals surface area (Å²) in [4.78, 5) is 8.82. The Kier molecular flexibility index (Phi) is 6.07. The Hall–Kier alpha value is -2.18. The molecule has 2 aliphatic heterocycles. The topological polar surface area (TPSA) is 69.3 Å². The highest BCUT2D eigenvalue weighted by molar-refractivity contribution is 5.56. The van der Waals surface area contributed by atoms with Gasteiger partial charge in [-0.1, -0.05) is 26.7 Å². The van der Waals surface area contributed by atoms with E-state index >= 15 is 0 Å². The summed E-state index contributed by atoms with van der Waals surface area (Å²) in [5, 5.41) is 0. The van der Waals surface area contributed by atoms with Crippen LogP contribution >= 0.6 is 0 Å². The van der Waals surface area contributed by atoms with Crippen LogP contribution in [0.25, 0.3) is 11.4 Å². The fraction of sp³-hybridized carbons (Fsp3) is 0.545. The SMILES string of the molecule is CCC[C@@H]1O[C@H]1COc1ccc(-c2ncc(OC[C@@H]3O[C@H]3CCC)cn2)cc1. The summed E-state index contributed by atoms with van der Waals surface area (Å²) in [7, 11) is 0. The number of hydrogen-bond donors (Lipinski definition) is 0. The van der Waals surface area contributed by atoms with Crippen molar-refractivity contribution in [1.29, 1.82) is 0 Å². The molecule has 0 bridgehead atoms. The summed E-state index contributed by atoms with van der Waals surface area (Å²) in [6.45, 7) is 5.50. The Labute approximate surface area is 166 Å². The molecule has 0 amide bonds. The fourth-order valence-electron chi connectivity index (χ4n) is 3.33. The molecule has 6 heteroatoms. The summed E-state index contributed by atoms with van der Waals surface area (Å²) >= 11 is 0. The molecule has 0 aliphatic carbocycles. The second-order valence-electron chi connectivity index (χ2n) is 7.39. The van der Waals surface area contributed by atoms with Crippen LogP contribution in [0.1, 0.15) is 39.5 Å². The van der Waals surface area contributed by atoms with Crippen molar-refractivity contribution in [3.8, 4) is 22.9 Å². The maximum absolute atomic E-state index is 5.81. The molecule has 0 N–H and O–H groups in total. The maximum atomic E-state index is 5.81. The van der Waals surface area contributed by atoms with Gasteiger partial charge in [0, 0.05) is 5.56 Å². The van der Waals surface area contributed by atoms with E-state index in [9.17, 15) is 0 Å². The molecule has 0 spiro atoms. The van der Waals surface area contributed by atoms with E-state index in [-0.39, 0.29) is 12.2 Å². The second kappa shape index (κ2) is 8.88. The molecular weight excluding hydrogens is 356 g/mol. The largest absolute Gasteiger partial charge is 0.491 e. The molecule has 2 aliphatic rings. The molecule has 28 heavy (non-hydrogen) atoms. The molecule has 4 atom stereocenters. The van der Waals surface area contributed by atoms with E-state index < -0.39 is 0 Å². The number of rotatable bonds is 11.